The second kappa shape index (κ2) is 6.13. The van der Waals surface area contributed by atoms with Crippen LogP contribution in [0.5, 0.6) is 0 Å². The van der Waals surface area contributed by atoms with E-state index >= 15 is 0 Å². The summed E-state index contributed by atoms with van der Waals surface area (Å²) >= 11 is 5.52. The van der Waals surface area contributed by atoms with E-state index < -0.39 is 0 Å². The Morgan fingerprint density at radius 1 is 1.32 bits per heavy atom. The molecule has 0 amide bonds. The number of rotatable bonds is 3. The first kappa shape index (κ1) is 14.7. The van der Waals surface area contributed by atoms with Crippen molar-refractivity contribution in [2.24, 2.45) is 0 Å². The molecule has 0 saturated heterocycles. The maximum atomic E-state index is 13.2. The summed E-state index contributed by atoms with van der Waals surface area (Å²) in [6, 6.07) is 10.0. The van der Waals surface area contributed by atoms with Gasteiger partial charge in [-0.15, -0.1) is 0 Å². The van der Waals surface area contributed by atoms with Gasteiger partial charge in [-0.3, -0.25) is 4.79 Å². The Morgan fingerprint density at radius 2 is 2.05 bits per heavy atom. The highest BCUT2D eigenvalue weighted by atomic mass is 127. The standard InChI is InChI=1S/C15H11BrFIO/c1-9-3-2-4-12(15(9)18)14(19)8-10-7-11(17)5-6-13(10)16/h2-7H,8H2,1H3. The number of carbonyl (C=O) groups is 1. The third-order valence-corrected chi connectivity index (χ3v) is 5.06. The molecule has 0 atom stereocenters. The topological polar surface area (TPSA) is 17.1 Å². The molecule has 0 saturated carbocycles. The van der Waals surface area contributed by atoms with E-state index in [4.69, 9.17) is 0 Å². The molecule has 2 aromatic rings. The quantitative estimate of drug-likeness (QED) is 0.496. The molecule has 2 rings (SSSR count). The zero-order valence-electron chi connectivity index (χ0n) is 10.2. The summed E-state index contributed by atoms with van der Waals surface area (Å²) in [6.45, 7) is 1.97. The minimum absolute atomic E-state index is 0.000556. The molecule has 98 valence electrons. The summed E-state index contributed by atoms with van der Waals surface area (Å²) in [4.78, 5) is 12.3. The number of ketones is 1. The number of aryl methyl sites for hydroxylation is 1. The molecule has 0 heterocycles. The predicted molar refractivity (Wildman–Crippen MR) is 86.0 cm³/mol. The maximum absolute atomic E-state index is 13.2. The number of hydrogen-bond donors (Lipinski definition) is 0. The molecule has 0 bridgehead atoms. The Bertz CT molecular complexity index is 640. The second-order valence-electron chi connectivity index (χ2n) is 4.27. The van der Waals surface area contributed by atoms with Gasteiger partial charge in [-0.1, -0.05) is 34.1 Å². The lowest BCUT2D eigenvalue weighted by atomic mass is 10.0. The molecule has 0 fully saturated rings. The molecule has 0 N–H and O–H groups in total. The van der Waals surface area contributed by atoms with Crippen LogP contribution in [0.2, 0.25) is 0 Å². The average Bonchev–Trinajstić information content (AvgIpc) is 2.37. The molecule has 2 aromatic carbocycles. The van der Waals surface area contributed by atoms with Crippen LogP contribution in [0.15, 0.2) is 40.9 Å². The summed E-state index contributed by atoms with van der Waals surface area (Å²) in [6.07, 6.45) is 0.192. The summed E-state index contributed by atoms with van der Waals surface area (Å²) < 4.78 is 14.9. The highest BCUT2D eigenvalue weighted by Gasteiger charge is 2.14. The Hall–Kier alpha value is -0.750. The average molecular weight is 433 g/mol. The number of carbonyl (C=O) groups excluding carboxylic acids is 1. The van der Waals surface area contributed by atoms with Gasteiger partial charge in [0, 0.05) is 20.0 Å². The molecule has 0 spiro atoms. The van der Waals surface area contributed by atoms with Crippen LogP contribution in [0.4, 0.5) is 4.39 Å². The van der Waals surface area contributed by atoms with Crippen molar-refractivity contribution in [3.05, 3.63) is 66.9 Å². The molecule has 0 aliphatic rings. The summed E-state index contributed by atoms with van der Waals surface area (Å²) in [7, 11) is 0. The van der Waals surface area contributed by atoms with Gasteiger partial charge in [0.1, 0.15) is 5.82 Å². The van der Waals surface area contributed by atoms with Crippen LogP contribution in [0.25, 0.3) is 0 Å². The normalized spacial score (nSPS) is 10.5. The lowest BCUT2D eigenvalue weighted by Gasteiger charge is -2.08. The molecule has 19 heavy (non-hydrogen) atoms. The highest BCUT2D eigenvalue weighted by molar-refractivity contribution is 14.1. The van der Waals surface area contributed by atoms with Crippen LogP contribution >= 0.6 is 38.5 Å². The summed E-state index contributed by atoms with van der Waals surface area (Å²) in [5.74, 6) is -0.329. The first-order valence-electron chi connectivity index (χ1n) is 5.71. The van der Waals surface area contributed by atoms with Crippen molar-refractivity contribution in [1.82, 2.24) is 0 Å². The number of Topliss-reactive ketones (excluding diaryl/α,β-unsaturated/α-hetero) is 1. The maximum Gasteiger partial charge on any atom is 0.168 e. The fourth-order valence-corrected chi connectivity index (χ4v) is 2.86. The first-order valence-corrected chi connectivity index (χ1v) is 7.58. The molecular formula is C15H11BrFIO. The van der Waals surface area contributed by atoms with Gasteiger partial charge in [0.15, 0.2) is 5.78 Å². The predicted octanol–water partition coefficient (Wildman–Crippen LogP) is 4.93. The minimum Gasteiger partial charge on any atom is -0.294 e. The molecule has 4 heteroatoms. The molecule has 0 radical (unpaired) electrons. The summed E-state index contributed by atoms with van der Waals surface area (Å²) in [5, 5.41) is 0. The van der Waals surface area contributed by atoms with Gasteiger partial charge in [0.05, 0.1) is 0 Å². The van der Waals surface area contributed by atoms with Gasteiger partial charge in [0.25, 0.3) is 0 Å². The summed E-state index contributed by atoms with van der Waals surface area (Å²) in [5.41, 5.74) is 2.43. The monoisotopic (exact) mass is 432 g/mol. The highest BCUT2D eigenvalue weighted by Crippen LogP contribution is 2.22. The van der Waals surface area contributed by atoms with Gasteiger partial charge in [-0.05, 0) is 58.8 Å². The van der Waals surface area contributed by atoms with E-state index in [0.717, 1.165) is 13.6 Å². The van der Waals surface area contributed by atoms with E-state index in [2.05, 4.69) is 38.5 Å². The van der Waals surface area contributed by atoms with Crippen molar-refractivity contribution < 1.29 is 9.18 Å². The van der Waals surface area contributed by atoms with Crippen LogP contribution < -0.4 is 0 Å². The van der Waals surface area contributed by atoms with Crippen molar-refractivity contribution in [1.29, 1.82) is 0 Å². The van der Waals surface area contributed by atoms with E-state index in [9.17, 15) is 9.18 Å². The Balaban J connectivity index is 2.31. The van der Waals surface area contributed by atoms with Gasteiger partial charge >= 0.3 is 0 Å². The van der Waals surface area contributed by atoms with E-state index in [-0.39, 0.29) is 18.0 Å². The van der Waals surface area contributed by atoms with E-state index in [0.29, 0.717) is 11.1 Å². The zero-order valence-corrected chi connectivity index (χ0v) is 14.0. The van der Waals surface area contributed by atoms with E-state index in [1.165, 1.54) is 12.1 Å². The molecule has 0 aliphatic heterocycles. The van der Waals surface area contributed by atoms with Crippen LogP contribution in [-0.2, 0) is 6.42 Å². The van der Waals surface area contributed by atoms with Crippen molar-refractivity contribution in [2.45, 2.75) is 13.3 Å². The SMILES string of the molecule is Cc1cccc(C(=O)Cc2cc(F)ccc2Br)c1I. The first-order chi connectivity index (χ1) is 8.99. The van der Waals surface area contributed by atoms with Gasteiger partial charge in [0.2, 0.25) is 0 Å². The molecular weight excluding hydrogens is 422 g/mol. The smallest absolute Gasteiger partial charge is 0.168 e. The second-order valence-corrected chi connectivity index (χ2v) is 6.21. The third kappa shape index (κ3) is 3.42. The molecule has 0 aromatic heterocycles. The van der Waals surface area contributed by atoms with Gasteiger partial charge in [-0.2, -0.15) is 0 Å². The Labute approximate surface area is 133 Å². The van der Waals surface area contributed by atoms with E-state index in [1.54, 1.807) is 6.07 Å². The van der Waals surface area contributed by atoms with Gasteiger partial charge in [-0.25, -0.2) is 4.39 Å². The Morgan fingerprint density at radius 3 is 2.79 bits per heavy atom. The lowest BCUT2D eigenvalue weighted by Crippen LogP contribution is -2.07. The zero-order chi connectivity index (χ0) is 14.0. The van der Waals surface area contributed by atoms with Crippen molar-refractivity contribution >= 4 is 44.3 Å². The number of halogens is 3. The molecule has 0 unspecified atom stereocenters. The third-order valence-electron chi connectivity index (χ3n) is 2.85. The molecule has 1 nitrogen and oxygen atoms in total. The van der Waals surface area contributed by atoms with E-state index in [1.807, 2.05) is 25.1 Å². The largest absolute Gasteiger partial charge is 0.294 e. The molecule has 0 aliphatic carbocycles. The van der Waals surface area contributed by atoms with Crippen molar-refractivity contribution in [2.75, 3.05) is 0 Å². The van der Waals surface area contributed by atoms with Crippen LogP contribution in [0.1, 0.15) is 21.5 Å². The fourth-order valence-electron chi connectivity index (χ4n) is 1.81. The van der Waals surface area contributed by atoms with Crippen LogP contribution in [0.3, 0.4) is 0 Å². The van der Waals surface area contributed by atoms with Crippen molar-refractivity contribution in [3.8, 4) is 0 Å². The van der Waals surface area contributed by atoms with Crippen molar-refractivity contribution in [3.63, 3.8) is 0 Å². The number of hydrogen-bond acceptors (Lipinski definition) is 1. The van der Waals surface area contributed by atoms with Crippen LogP contribution in [0, 0.1) is 16.3 Å². The lowest BCUT2D eigenvalue weighted by molar-refractivity contribution is 0.0992. The minimum atomic E-state index is -0.329. The Kier molecular flexibility index (Phi) is 4.73. The van der Waals surface area contributed by atoms with Gasteiger partial charge < -0.3 is 0 Å². The number of benzene rings is 2. The fraction of sp³-hybridized carbons (Fsp3) is 0.133. The van der Waals surface area contributed by atoms with Crippen LogP contribution in [-0.4, -0.2) is 5.78 Å².